The molecule has 5 heteroatoms. The molecule has 0 bridgehead atoms. The molecule has 4 nitrogen and oxygen atoms in total. The van der Waals surface area contributed by atoms with E-state index < -0.39 is 0 Å². The summed E-state index contributed by atoms with van der Waals surface area (Å²) >= 11 is 1.45. The predicted molar refractivity (Wildman–Crippen MR) is 75.6 cm³/mol. The molecule has 1 unspecified atom stereocenters. The molecule has 2 aromatic rings. The van der Waals surface area contributed by atoms with Gasteiger partial charge in [0.05, 0.1) is 16.6 Å². The van der Waals surface area contributed by atoms with Crippen molar-refractivity contribution in [1.82, 2.24) is 10.3 Å². The summed E-state index contributed by atoms with van der Waals surface area (Å²) in [6.45, 7) is 4.06. The average molecular weight is 263 g/mol. The molecule has 1 atom stereocenters. The predicted octanol–water partition coefficient (Wildman–Crippen LogP) is 2.34. The van der Waals surface area contributed by atoms with E-state index in [9.17, 15) is 4.79 Å². The van der Waals surface area contributed by atoms with E-state index in [0.717, 1.165) is 22.2 Å². The van der Waals surface area contributed by atoms with E-state index in [1.54, 1.807) is 0 Å². The van der Waals surface area contributed by atoms with Gasteiger partial charge in [0.1, 0.15) is 0 Å². The van der Waals surface area contributed by atoms with Crippen LogP contribution < -0.4 is 11.1 Å². The largest absolute Gasteiger partial charge is 0.375 e. The number of fused-ring (bicyclic) bond motifs is 1. The second kappa shape index (κ2) is 5.35. The topological polar surface area (TPSA) is 68.0 Å². The minimum absolute atomic E-state index is 0.0567. The number of amides is 1. The highest BCUT2D eigenvalue weighted by molar-refractivity contribution is 7.22. The average Bonchev–Trinajstić information content (AvgIpc) is 2.68. The number of nitrogens with zero attached hydrogens (tertiary/aromatic N) is 1. The number of carbonyl (C=O) groups excluding carboxylic acids is 1. The molecule has 2 rings (SSSR count). The number of nitrogens with two attached hydrogens (primary N) is 1. The van der Waals surface area contributed by atoms with Gasteiger partial charge in [-0.2, -0.15) is 0 Å². The summed E-state index contributed by atoms with van der Waals surface area (Å²) in [5.41, 5.74) is 7.54. The number of carbonyl (C=O) groups is 1. The molecule has 1 aromatic heterocycles. The monoisotopic (exact) mass is 263 g/mol. The number of anilines is 1. The van der Waals surface area contributed by atoms with E-state index in [1.807, 2.05) is 25.1 Å². The molecule has 3 N–H and O–H groups in total. The maximum Gasteiger partial charge on any atom is 0.224 e. The standard InChI is InChI=1S/C13H17N3OS/c1-3-8(2)15-12(17)7-9-4-5-10-11(6-9)18-13(14)16-10/h4-6,8H,3,7H2,1-2H3,(H2,14,16)(H,15,17). The van der Waals surface area contributed by atoms with Gasteiger partial charge in [-0.15, -0.1) is 0 Å². The Kier molecular flexibility index (Phi) is 3.81. The molecule has 1 heterocycles. The van der Waals surface area contributed by atoms with E-state index in [2.05, 4.69) is 17.2 Å². The SMILES string of the molecule is CCC(C)NC(=O)Cc1ccc2nc(N)sc2c1. The molecule has 0 aliphatic heterocycles. The van der Waals surface area contributed by atoms with Crippen LogP contribution in [0.1, 0.15) is 25.8 Å². The van der Waals surface area contributed by atoms with Gasteiger partial charge in [0.2, 0.25) is 5.91 Å². The number of thiazole rings is 1. The quantitative estimate of drug-likeness (QED) is 0.889. The highest BCUT2D eigenvalue weighted by atomic mass is 32.1. The van der Waals surface area contributed by atoms with Crippen molar-refractivity contribution in [3.8, 4) is 0 Å². The fourth-order valence-electron chi connectivity index (χ4n) is 1.71. The summed E-state index contributed by atoms with van der Waals surface area (Å²) < 4.78 is 1.03. The Morgan fingerprint density at radius 2 is 2.33 bits per heavy atom. The second-order valence-corrected chi connectivity index (χ2v) is 5.47. The van der Waals surface area contributed by atoms with Crippen molar-refractivity contribution in [1.29, 1.82) is 0 Å². The van der Waals surface area contributed by atoms with Crippen molar-refractivity contribution in [2.24, 2.45) is 0 Å². The third-order valence-electron chi connectivity index (χ3n) is 2.85. The summed E-state index contributed by atoms with van der Waals surface area (Å²) in [7, 11) is 0. The zero-order chi connectivity index (χ0) is 13.1. The first-order chi connectivity index (χ1) is 8.58. The zero-order valence-corrected chi connectivity index (χ0v) is 11.4. The maximum absolute atomic E-state index is 11.8. The number of hydrogen-bond donors (Lipinski definition) is 2. The number of aromatic nitrogens is 1. The fourth-order valence-corrected chi connectivity index (χ4v) is 2.51. The molecule has 18 heavy (non-hydrogen) atoms. The van der Waals surface area contributed by atoms with Crippen LogP contribution >= 0.6 is 11.3 Å². The zero-order valence-electron chi connectivity index (χ0n) is 10.6. The van der Waals surface area contributed by atoms with Crippen LogP contribution in [0.2, 0.25) is 0 Å². The summed E-state index contributed by atoms with van der Waals surface area (Å²) in [6, 6.07) is 6.05. The van der Waals surface area contributed by atoms with Crippen LogP contribution in [0.4, 0.5) is 5.13 Å². The van der Waals surface area contributed by atoms with E-state index in [-0.39, 0.29) is 11.9 Å². The van der Waals surface area contributed by atoms with Crippen LogP contribution in [0, 0.1) is 0 Å². The molecule has 0 saturated heterocycles. The third kappa shape index (κ3) is 2.98. The van der Waals surface area contributed by atoms with Crippen LogP contribution in [-0.2, 0) is 11.2 Å². The number of nitrogens with one attached hydrogen (secondary N) is 1. The lowest BCUT2D eigenvalue weighted by molar-refractivity contribution is -0.121. The van der Waals surface area contributed by atoms with Gasteiger partial charge in [-0.25, -0.2) is 4.98 Å². The Balaban J connectivity index is 2.09. The molecule has 1 aromatic carbocycles. The minimum Gasteiger partial charge on any atom is -0.375 e. The molecular weight excluding hydrogens is 246 g/mol. The smallest absolute Gasteiger partial charge is 0.224 e. The number of hydrogen-bond acceptors (Lipinski definition) is 4. The Bertz CT molecular complexity index is 564. The van der Waals surface area contributed by atoms with Crippen molar-refractivity contribution in [2.75, 3.05) is 5.73 Å². The number of rotatable bonds is 4. The number of nitrogen functional groups attached to an aromatic ring is 1. The molecule has 0 aliphatic carbocycles. The van der Waals surface area contributed by atoms with Gasteiger partial charge in [0.15, 0.2) is 5.13 Å². The molecular formula is C13H17N3OS. The van der Waals surface area contributed by atoms with Crippen LogP contribution in [-0.4, -0.2) is 16.9 Å². The molecule has 96 valence electrons. The fraction of sp³-hybridized carbons (Fsp3) is 0.385. The lowest BCUT2D eigenvalue weighted by atomic mass is 10.1. The van der Waals surface area contributed by atoms with Gasteiger partial charge in [0.25, 0.3) is 0 Å². The van der Waals surface area contributed by atoms with Gasteiger partial charge in [-0.3, -0.25) is 4.79 Å². The van der Waals surface area contributed by atoms with Gasteiger partial charge in [0, 0.05) is 6.04 Å². The molecule has 0 aliphatic rings. The Morgan fingerprint density at radius 1 is 1.56 bits per heavy atom. The van der Waals surface area contributed by atoms with Crippen LogP contribution in [0.15, 0.2) is 18.2 Å². The Labute approximate surface area is 110 Å². The first kappa shape index (κ1) is 12.8. The van der Waals surface area contributed by atoms with Crippen LogP contribution in [0.25, 0.3) is 10.2 Å². The first-order valence-corrected chi connectivity index (χ1v) is 6.84. The van der Waals surface area contributed by atoms with Crippen molar-refractivity contribution in [2.45, 2.75) is 32.7 Å². The van der Waals surface area contributed by atoms with E-state index in [1.165, 1.54) is 11.3 Å². The lowest BCUT2D eigenvalue weighted by Crippen LogP contribution is -2.33. The normalized spacial score (nSPS) is 12.6. The second-order valence-electron chi connectivity index (χ2n) is 4.41. The van der Waals surface area contributed by atoms with Crippen LogP contribution in [0.5, 0.6) is 0 Å². The van der Waals surface area contributed by atoms with Gasteiger partial charge in [-0.05, 0) is 31.0 Å². The van der Waals surface area contributed by atoms with Crippen molar-refractivity contribution >= 4 is 32.6 Å². The number of benzene rings is 1. The highest BCUT2D eigenvalue weighted by Crippen LogP contribution is 2.24. The lowest BCUT2D eigenvalue weighted by Gasteiger charge is -2.11. The Morgan fingerprint density at radius 3 is 3.06 bits per heavy atom. The molecule has 0 radical (unpaired) electrons. The van der Waals surface area contributed by atoms with Crippen molar-refractivity contribution < 1.29 is 4.79 Å². The van der Waals surface area contributed by atoms with E-state index >= 15 is 0 Å². The van der Waals surface area contributed by atoms with Gasteiger partial charge < -0.3 is 11.1 Å². The van der Waals surface area contributed by atoms with Gasteiger partial charge in [-0.1, -0.05) is 24.3 Å². The van der Waals surface area contributed by atoms with Crippen molar-refractivity contribution in [3.63, 3.8) is 0 Å². The summed E-state index contributed by atoms with van der Waals surface area (Å²) in [4.78, 5) is 16.0. The minimum atomic E-state index is 0.0567. The summed E-state index contributed by atoms with van der Waals surface area (Å²) in [5.74, 6) is 0.0567. The van der Waals surface area contributed by atoms with Gasteiger partial charge >= 0.3 is 0 Å². The first-order valence-electron chi connectivity index (χ1n) is 6.02. The van der Waals surface area contributed by atoms with Crippen LogP contribution in [0.3, 0.4) is 0 Å². The van der Waals surface area contributed by atoms with E-state index in [4.69, 9.17) is 5.73 Å². The molecule has 1 amide bonds. The van der Waals surface area contributed by atoms with Crippen molar-refractivity contribution in [3.05, 3.63) is 23.8 Å². The highest BCUT2D eigenvalue weighted by Gasteiger charge is 2.08. The third-order valence-corrected chi connectivity index (χ3v) is 3.70. The molecule has 0 saturated carbocycles. The molecule has 0 fully saturated rings. The maximum atomic E-state index is 11.8. The summed E-state index contributed by atoms with van der Waals surface area (Å²) in [6.07, 6.45) is 1.34. The molecule has 0 spiro atoms. The van der Waals surface area contributed by atoms with E-state index in [0.29, 0.717) is 11.6 Å². The summed E-state index contributed by atoms with van der Waals surface area (Å²) in [5, 5.41) is 3.52. The Hall–Kier alpha value is -1.62.